The lowest BCUT2D eigenvalue weighted by molar-refractivity contribution is 0.368. The Morgan fingerprint density at radius 1 is 1.05 bits per heavy atom. The van der Waals surface area contributed by atoms with Crippen LogP contribution in [0.1, 0.15) is 36.3 Å². The Kier molecular flexibility index (Phi) is 5.22. The van der Waals surface area contributed by atoms with Gasteiger partial charge in [-0.2, -0.15) is 0 Å². The fourth-order valence-electron chi connectivity index (χ4n) is 3.29. The second kappa shape index (κ2) is 7.34. The van der Waals surface area contributed by atoms with Gasteiger partial charge in [-0.05, 0) is 87.6 Å². The van der Waals surface area contributed by atoms with E-state index in [1.54, 1.807) is 11.1 Å². The van der Waals surface area contributed by atoms with Crippen LogP contribution in [0.2, 0.25) is 0 Å². The molecule has 0 bridgehead atoms. The summed E-state index contributed by atoms with van der Waals surface area (Å²) in [6.07, 6.45) is 5.22. The van der Waals surface area contributed by atoms with Crippen LogP contribution in [-0.2, 0) is 6.42 Å². The van der Waals surface area contributed by atoms with Gasteiger partial charge in [-0.25, -0.2) is 0 Å². The van der Waals surface area contributed by atoms with Gasteiger partial charge < -0.3 is 4.90 Å². The molecule has 1 atom stereocenters. The first-order valence-electron chi connectivity index (χ1n) is 8.23. The summed E-state index contributed by atoms with van der Waals surface area (Å²) in [6, 6.07) is 17.8. The third-order valence-corrected chi connectivity index (χ3v) is 5.45. The molecule has 0 aliphatic heterocycles. The summed E-state index contributed by atoms with van der Waals surface area (Å²) >= 11 is 1.87. The standard InChI is InChI=1S/C20H25NS/c1-21(2)14-13-16-7-6-8-17-15-19(11-12-20(16)17)22-18-9-4-3-5-10-18/h3-5,9-12,15-16H,6-8,13-14H2,1-2H3. The smallest absolute Gasteiger partial charge is 0.0125 e. The molecule has 0 heterocycles. The Morgan fingerprint density at radius 3 is 2.64 bits per heavy atom. The lowest BCUT2D eigenvalue weighted by Gasteiger charge is -2.27. The molecule has 0 amide bonds. The zero-order valence-corrected chi connectivity index (χ0v) is 14.4. The van der Waals surface area contributed by atoms with E-state index >= 15 is 0 Å². The average molecular weight is 311 g/mol. The van der Waals surface area contributed by atoms with E-state index in [-0.39, 0.29) is 0 Å². The molecule has 1 aliphatic rings. The number of fused-ring (bicyclic) bond motifs is 1. The predicted octanol–water partition coefficient (Wildman–Crippen LogP) is 5.21. The van der Waals surface area contributed by atoms with Gasteiger partial charge >= 0.3 is 0 Å². The highest BCUT2D eigenvalue weighted by molar-refractivity contribution is 7.99. The Balaban J connectivity index is 1.75. The first kappa shape index (κ1) is 15.6. The van der Waals surface area contributed by atoms with Crippen LogP contribution in [0.15, 0.2) is 58.3 Å². The summed E-state index contributed by atoms with van der Waals surface area (Å²) in [7, 11) is 4.34. The average Bonchev–Trinajstić information content (AvgIpc) is 2.53. The maximum absolute atomic E-state index is 2.43. The SMILES string of the molecule is CN(C)CCC1CCCc2cc(Sc3ccccc3)ccc21. The molecule has 0 N–H and O–H groups in total. The van der Waals surface area contributed by atoms with Gasteiger partial charge in [-0.15, -0.1) is 0 Å². The van der Waals surface area contributed by atoms with Crippen LogP contribution >= 0.6 is 11.8 Å². The van der Waals surface area contributed by atoms with E-state index in [4.69, 9.17) is 0 Å². The van der Waals surface area contributed by atoms with Gasteiger partial charge in [0.05, 0.1) is 0 Å². The van der Waals surface area contributed by atoms with Gasteiger partial charge in [0.2, 0.25) is 0 Å². The molecule has 0 saturated heterocycles. The number of benzene rings is 2. The van der Waals surface area contributed by atoms with E-state index < -0.39 is 0 Å². The minimum absolute atomic E-state index is 0.752. The van der Waals surface area contributed by atoms with Crippen molar-refractivity contribution in [3.8, 4) is 0 Å². The van der Waals surface area contributed by atoms with E-state index in [9.17, 15) is 0 Å². The van der Waals surface area contributed by atoms with Gasteiger partial charge in [0, 0.05) is 9.79 Å². The monoisotopic (exact) mass is 311 g/mol. The van der Waals surface area contributed by atoms with Crippen molar-refractivity contribution in [2.75, 3.05) is 20.6 Å². The first-order chi connectivity index (χ1) is 10.7. The molecule has 0 fully saturated rings. The van der Waals surface area contributed by atoms with Crippen LogP contribution in [0.4, 0.5) is 0 Å². The highest BCUT2D eigenvalue weighted by atomic mass is 32.2. The van der Waals surface area contributed by atoms with E-state index in [2.05, 4.69) is 67.5 Å². The lowest BCUT2D eigenvalue weighted by Crippen LogP contribution is -2.18. The highest BCUT2D eigenvalue weighted by Gasteiger charge is 2.20. The molecule has 1 nitrogen and oxygen atoms in total. The Labute approximate surface area is 138 Å². The topological polar surface area (TPSA) is 3.24 Å². The highest BCUT2D eigenvalue weighted by Crippen LogP contribution is 2.37. The van der Waals surface area contributed by atoms with Crippen LogP contribution in [-0.4, -0.2) is 25.5 Å². The minimum atomic E-state index is 0.752. The summed E-state index contributed by atoms with van der Waals surface area (Å²) < 4.78 is 0. The fraction of sp³-hybridized carbons (Fsp3) is 0.400. The molecular weight excluding hydrogens is 286 g/mol. The molecule has 22 heavy (non-hydrogen) atoms. The normalized spacial score (nSPS) is 17.5. The number of hydrogen-bond donors (Lipinski definition) is 0. The zero-order valence-electron chi connectivity index (χ0n) is 13.6. The molecule has 2 aromatic carbocycles. The van der Waals surface area contributed by atoms with Crippen molar-refractivity contribution in [2.45, 2.75) is 41.4 Å². The summed E-state index contributed by atoms with van der Waals surface area (Å²) in [4.78, 5) is 4.99. The molecule has 1 unspecified atom stereocenters. The summed E-state index contributed by atoms with van der Waals surface area (Å²) in [5, 5.41) is 0. The predicted molar refractivity (Wildman–Crippen MR) is 95.9 cm³/mol. The van der Waals surface area contributed by atoms with Crippen LogP contribution < -0.4 is 0 Å². The van der Waals surface area contributed by atoms with Crippen LogP contribution in [0.5, 0.6) is 0 Å². The molecule has 0 saturated carbocycles. The molecule has 3 rings (SSSR count). The summed E-state index contributed by atoms with van der Waals surface area (Å²) in [5.41, 5.74) is 3.18. The van der Waals surface area contributed by atoms with Crippen molar-refractivity contribution < 1.29 is 0 Å². The molecular formula is C20H25NS. The molecule has 1 aliphatic carbocycles. The summed E-state index contributed by atoms with van der Waals surface area (Å²) in [5.74, 6) is 0.752. The Morgan fingerprint density at radius 2 is 1.86 bits per heavy atom. The van der Waals surface area contributed by atoms with Crippen molar-refractivity contribution in [3.05, 3.63) is 59.7 Å². The van der Waals surface area contributed by atoms with Gasteiger partial charge in [0.1, 0.15) is 0 Å². The summed E-state index contributed by atoms with van der Waals surface area (Å²) in [6.45, 7) is 1.19. The number of aryl methyl sites for hydroxylation is 1. The minimum Gasteiger partial charge on any atom is -0.309 e. The second-order valence-electron chi connectivity index (χ2n) is 6.46. The van der Waals surface area contributed by atoms with Crippen LogP contribution in [0, 0.1) is 0 Å². The van der Waals surface area contributed by atoms with Crippen molar-refractivity contribution in [3.63, 3.8) is 0 Å². The van der Waals surface area contributed by atoms with Crippen molar-refractivity contribution in [1.29, 1.82) is 0 Å². The molecule has 0 aromatic heterocycles. The number of nitrogens with zero attached hydrogens (tertiary/aromatic N) is 1. The molecule has 2 heteroatoms. The lowest BCUT2D eigenvalue weighted by atomic mass is 9.81. The number of rotatable bonds is 5. The fourth-order valence-corrected chi connectivity index (χ4v) is 4.20. The van der Waals surface area contributed by atoms with Crippen molar-refractivity contribution in [2.24, 2.45) is 0 Å². The third kappa shape index (κ3) is 3.93. The van der Waals surface area contributed by atoms with Gasteiger partial charge in [-0.1, -0.05) is 36.0 Å². The van der Waals surface area contributed by atoms with Crippen molar-refractivity contribution >= 4 is 11.8 Å². The van der Waals surface area contributed by atoms with Gasteiger partial charge in [-0.3, -0.25) is 0 Å². The number of hydrogen-bond acceptors (Lipinski definition) is 2. The van der Waals surface area contributed by atoms with Crippen LogP contribution in [0.3, 0.4) is 0 Å². The Hall–Kier alpha value is -1.25. The van der Waals surface area contributed by atoms with Crippen molar-refractivity contribution in [1.82, 2.24) is 4.90 Å². The van der Waals surface area contributed by atoms with E-state index in [1.165, 1.54) is 42.0 Å². The molecule has 0 radical (unpaired) electrons. The quantitative estimate of drug-likeness (QED) is 0.745. The van der Waals surface area contributed by atoms with Crippen LogP contribution in [0.25, 0.3) is 0 Å². The molecule has 0 spiro atoms. The molecule has 2 aromatic rings. The third-order valence-electron chi connectivity index (χ3n) is 4.46. The van der Waals surface area contributed by atoms with E-state index in [0.29, 0.717) is 0 Å². The van der Waals surface area contributed by atoms with Gasteiger partial charge in [0.15, 0.2) is 0 Å². The molecule has 116 valence electrons. The second-order valence-corrected chi connectivity index (χ2v) is 7.60. The maximum Gasteiger partial charge on any atom is 0.0125 e. The van der Waals surface area contributed by atoms with Gasteiger partial charge in [0.25, 0.3) is 0 Å². The largest absolute Gasteiger partial charge is 0.309 e. The van der Waals surface area contributed by atoms with E-state index in [1.807, 2.05) is 11.8 Å². The maximum atomic E-state index is 2.43. The first-order valence-corrected chi connectivity index (χ1v) is 9.04. The zero-order chi connectivity index (χ0) is 15.4. The van der Waals surface area contributed by atoms with E-state index in [0.717, 1.165) is 5.92 Å². The Bertz CT molecular complexity index is 606.